The van der Waals surface area contributed by atoms with E-state index in [4.69, 9.17) is 20.5 Å². The largest absolute Gasteiger partial charge is 0.397 e. The molecule has 0 aromatic rings. The average molecular weight is 209 g/mol. The van der Waals surface area contributed by atoms with Crippen molar-refractivity contribution >= 4 is 20.2 Å². The fourth-order valence-electron chi connectivity index (χ4n) is 1.11. The van der Waals surface area contributed by atoms with Crippen LogP contribution in [0.2, 0.25) is 12.1 Å². The van der Waals surface area contributed by atoms with Crippen LogP contribution in [0.25, 0.3) is 0 Å². The summed E-state index contributed by atoms with van der Waals surface area (Å²) in [6.07, 6.45) is 2.80. The summed E-state index contributed by atoms with van der Waals surface area (Å²) in [5.41, 5.74) is 0. The lowest BCUT2D eigenvalue weighted by atomic mass is 10.6. The molecule has 72 valence electrons. The molecule has 12 heavy (non-hydrogen) atoms. The lowest BCUT2D eigenvalue weighted by Gasteiger charge is -2.25. The number of allylic oxidation sites excluding steroid dienone is 1. The second kappa shape index (κ2) is 6.66. The molecule has 0 aromatic heterocycles. The third-order valence-corrected chi connectivity index (χ3v) is 5.67. The highest BCUT2D eigenvalue weighted by Crippen LogP contribution is 2.19. The molecule has 0 aliphatic carbocycles. The van der Waals surface area contributed by atoms with Crippen molar-refractivity contribution in [1.82, 2.24) is 0 Å². The van der Waals surface area contributed by atoms with E-state index >= 15 is 0 Å². The van der Waals surface area contributed by atoms with Crippen LogP contribution in [0, 0.1) is 0 Å². The summed E-state index contributed by atoms with van der Waals surface area (Å²) in [7, 11) is 1.44. The minimum Gasteiger partial charge on any atom is -0.397 e. The summed E-state index contributed by atoms with van der Waals surface area (Å²) in [5, 5.41) is 0. The van der Waals surface area contributed by atoms with Gasteiger partial charge in [-0.2, -0.15) is 0 Å². The van der Waals surface area contributed by atoms with E-state index in [0.29, 0.717) is 5.88 Å². The number of rotatable bonds is 7. The Balaban J connectivity index is 4.03. The second-order valence-corrected chi connectivity index (χ2v) is 6.53. The Hall–Kier alpha value is 0.167. The fourth-order valence-corrected chi connectivity index (χ4v) is 3.74. The molecule has 0 amide bonds. The molecule has 0 aliphatic rings. The van der Waals surface area contributed by atoms with Gasteiger partial charge in [-0.15, -0.1) is 18.2 Å². The maximum Gasteiger partial charge on any atom is 0.341 e. The number of hydrogen-bond acceptors (Lipinski definition) is 2. The minimum atomic E-state index is -1.97. The molecule has 4 heteroatoms. The van der Waals surface area contributed by atoms with Gasteiger partial charge in [-0.1, -0.05) is 6.08 Å². The lowest BCUT2D eigenvalue weighted by Crippen LogP contribution is -2.39. The molecule has 0 heterocycles. The third-order valence-electron chi connectivity index (χ3n) is 1.89. The van der Waals surface area contributed by atoms with E-state index in [-0.39, 0.29) is 0 Å². The van der Waals surface area contributed by atoms with Crippen molar-refractivity contribution in [3.05, 3.63) is 12.7 Å². The van der Waals surface area contributed by atoms with Crippen molar-refractivity contribution in [2.24, 2.45) is 0 Å². The van der Waals surface area contributed by atoms with Crippen LogP contribution >= 0.6 is 11.6 Å². The normalized spacial score (nSPS) is 11.6. The molecule has 0 rings (SSSR count). The van der Waals surface area contributed by atoms with Crippen LogP contribution in [0.5, 0.6) is 0 Å². The summed E-state index contributed by atoms with van der Waals surface area (Å²) >= 11 is 5.61. The Labute approximate surface area is 80.8 Å². The summed E-state index contributed by atoms with van der Waals surface area (Å²) in [4.78, 5) is 0. The summed E-state index contributed by atoms with van der Waals surface area (Å²) in [6, 6.07) is 1.77. The van der Waals surface area contributed by atoms with E-state index in [9.17, 15) is 0 Å². The van der Waals surface area contributed by atoms with Gasteiger partial charge in [0.2, 0.25) is 0 Å². The van der Waals surface area contributed by atoms with Gasteiger partial charge in [0.1, 0.15) is 0 Å². The number of halogens is 1. The Kier molecular flexibility index (Phi) is 6.75. The number of hydrogen-bond donors (Lipinski definition) is 0. The van der Waals surface area contributed by atoms with Gasteiger partial charge < -0.3 is 8.85 Å². The van der Waals surface area contributed by atoms with Crippen molar-refractivity contribution in [3.63, 3.8) is 0 Å². The summed E-state index contributed by atoms with van der Waals surface area (Å²) in [6.45, 7) is 3.69. The Morgan fingerprint density at radius 2 is 2.00 bits per heavy atom. The molecule has 0 bridgehead atoms. The van der Waals surface area contributed by atoms with Crippen LogP contribution in [-0.2, 0) is 8.85 Å². The van der Waals surface area contributed by atoms with E-state index in [1.165, 1.54) is 0 Å². The minimum absolute atomic E-state index is 0.665. The van der Waals surface area contributed by atoms with E-state index in [1.807, 2.05) is 6.08 Å². The third kappa shape index (κ3) is 3.71. The topological polar surface area (TPSA) is 18.5 Å². The first-order chi connectivity index (χ1) is 5.74. The zero-order valence-electron chi connectivity index (χ0n) is 7.81. The lowest BCUT2D eigenvalue weighted by molar-refractivity contribution is 0.244. The first-order valence-electron chi connectivity index (χ1n) is 4.02. The molecule has 0 aromatic carbocycles. The quantitative estimate of drug-likeness (QED) is 0.364. The van der Waals surface area contributed by atoms with Crippen molar-refractivity contribution in [1.29, 1.82) is 0 Å². The molecule has 0 N–H and O–H groups in total. The molecule has 0 saturated carbocycles. The van der Waals surface area contributed by atoms with Gasteiger partial charge >= 0.3 is 8.56 Å². The van der Waals surface area contributed by atoms with Crippen LogP contribution in [0.15, 0.2) is 12.7 Å². The van der Waals surface area contributed by atoms with E-state index < -0.39 is 8.56 Å². The highest BCUT2D eigenvalue weighted by atomic mass is 35.5. The average Bonchev–Trinajstić information content (AvgIpc) is 2.13. The van der Waals surface area contributed by atoms with Crippen LogP contribution in [0.4, 0.5) is 0 Å². The SMILES string of the molecule is C=CC[Si](CCCCl)(OC)OC. The highest BCUT2D eigenvalue weighted by Gasteiger charge is 2.32. The van der Waals surface area contributed by atoms with Crippen LogP contribution in [-0.4, -0.2) is 28.7 Å². The predicted molar refractivity (Wildman–Crippen MR) is 54.9 cm³/mol. The molecule has 0 saturated heterocycles. The molecule has 0 atom stereocenters. The van der Waals surface area contributed by atoms with E-state index in [0.717, 1.165) is 18.5 Å². The van der Waals surface area contributed by atoms with Crippen LogP contribution < -0.4 is 0 Å². The van der Waals surface area contributed by atoms with Crippen molar-refractivity contribution in [2.75, 3.05) is 20.1 Å². The molecular weight excluding hydrogens is 192 g/mol. The van der Waals surface area contributed by atoms with E-state index in [1.54, 1.807) is 14.2 Å². The summed E-state index contributed by atoms with van der Waals surface area (Å²) < 4.78 is 10.8. The predicted octanol–water partition coefficient (Wildman–Crippen LogP) is 2.54. The van der Waals surface area contributed by atoms with E-state index in [2.05, 4.69) is 6.58 Å². The molecule has 0 aliphatic heterocycles. The standard InChI is InChI=1S/C8H17ClO2Si/c1-4-7-12(10-2,11-3)8-5-6-9/h4H,1,5-8H2,2-3H3. The van der Waals surface area contributed by atoms with Crippen molar-refractivity contribution in [3.8, 4) is 0 Å². The van der Waals surface area contributed by atoms with Crippen molar-refractivity contribution in [2.45, 2.75) is 18.5 Å². The Bertz CT molecular complexity index is 126. The maximum atomic E-state index is 5.61. The van der Waals surface area contributed by atoms with Crippen LogP contribution in [0.1, 0.15) is 6.42 Å². The summed E-state index contributed by atoms with van der Waals surface area (Å²) in [5.74, 6) is 0.665. The zero-order chi connectivity index (χ0) is 9.45. The zero-order valence-corrected chi connectivity index (χ0v) is 9.56. The first-order valence-corrected chi connectivity index (χ1v) is 6.78. The second-order valence-electron chi connectivity index (χ2n) is 2.60. The Morgan fingerprint density at radius 1 is 1.42 bits per heavy atom. The van der Waals surface area contributed by atoms with Crippen LogP contribution in [0.3, 0.4) is 0 Å². The molecular formula is C8H17ClO2Si. The van der Waals surface area contributed by atoms with Gasteiger partial charge in [-0.25, -0.2) is 0 Å². The molecule has 0 radical (unpaired) electrons. The van der Waals surface area contributed by atoms with Gasteiger partial charge in [-0.3, -0.25) is 0 Å². The first kappa shape index (κ1) is 12.2. The smallest absolute Gasteiger partial charge is 0.341 e. The van der Waals surface area contributed by atoms with Gasteiger partial charge in [0.15, 0.2) is 0 Å². The monoisotopic (exact) mass is 208 g/mol. The molecule has 0 fully saturated rings. The molecule has 0 unspecified atom stereocenters. The van der Waals surface area contributed by atoms with Gasteiger partial charge in [0.25, 0.3) is 0 Å². The molecule has 0 spiro atoms. The van der Waals surface area contributed by atoms with Gasteiger partial charge in [0.05, 0.1) is 0 Å². The highest BCUT2D eigenvalue weighted by molar-refractivity contribution is 6.67. The van der Waals surface area contributed by atoms with Crippen molar-refractivity contribution < 1.29 is 8.85 Å². The van der Waals surface area contributed by atoms with Gasteiger partial charge in [-0.05, 0) is 12.5 Å². The number of alkyl halides is 1. The van der Waals surface area contributed by atoms with Gasteiger partial charge in [0, 0.05) is 26.1 Å². The Morgan fingerprint density at radius 3 is 2.33 bits per heavy atom. The maximum absolute atomic E-state index is 5.61. The molecule has 2 nitrogen and oxygen atoms in total. The fraction of sp³-hybridized carbons (Fsp3) is 0.750.